The molecule has 0 aliphatic heterocycles. The van der Waals surface area contributed by atoms with Crippen LogP contribution in [0.4, 0.5) is 10.5 Å². The van der Waals surface area contributed by atoms with Gasteiger partial charge < -0.3 is 29.6 Å². The van der Waals surface area contributed by atoms with E-state index in [4.69, 9.17) is 9.47 Å². The Labute approximate surface area is 194 Å². The fourth-order valence-electron chi connectivity index (χ4n) is 3.58. The van der Waals surface area contributed by atoms with Crippen LogP contribution in [0.1, 0.15) is 18.9 Å². The molecule has 0 unspecified atom stereocenters. The monoisotopic (exact) mass is 452 g/mol. The molecular formula is C25H32N4O4. The van der Waals surface area contributed by atoms with E-state index in [1.54, 1.807) is 24.1 Å². The highest BCUT2D eigenvalue weighted by Crippen LogP contribution is 2.24. The van der Waals surface area contributed by atoms with Gasteiger partial charge in [0.05, 0.1) is 25.9 Å². The number of pyridine rings is 1. The van der Waals surface area contributed by atoms with Crippen molar-refractivity contribution in [2.45, 2.75) is 19.9 Å². The first-order valence-electron chi connectivity index (χ1n) is 11.0. The molecule has 1 aromatic heterocycles. The van der Waals surface area contributed by atoms with E-state index in [-0.39, 0.29) is 18.1 Å². The zero-order chi connectivity index (χ0) is 23.8. The average Bonchev–Trinajstić information content (AvgIpc) is 2.79. The third kappa shape index (κ3) is 6.49. The maximum Gasteiger partial charge on any atom is 0.322 e. The molecule has 0 aliphatic rings. The summed E-state index contributed by atoms with van der Waals surface area (Å²) >= 11 is 0. The number of methoxy groups -OCH3 is 1. The Hall–Kier alpha value is -3.52. The summed E-state index contributed by atoms with van der Waals surface area (Å²) in [4.78, 5) is 32.6. The lowest BCUT2D eigenvalue weighted by molar-refractivity contribution is 0.205. The predicted octanol–water partition coefficient (Wildman–Crippen LogP) is 3.92. The number of fused-ring (bicyclic) bond motifs is 1. The maximum absolute atomic E-state index is 13.2. The Morgan fingerprint density at radius 2 is 1.88 bits per heavy atom. The van der Waals surface area contributed by atoms with Crippen LogP contribution in [-0.4, -0.2) is 61.7 Å². The lowest BCUT2D eigenvalue weighted by atomic mass is 10.1. The first-order valence-corrected chi connectivity index (χ1v) is 11.0. The van der Waals surface area contributed by atoms with E-state index >= 15 is 0 Å². The van der Waals surface area contributed by atoms with Crippen LogP contribution in [0, 0.1) is 0 Å². The summed E-state index contributed by atoms with van der Waals surface area (Å²) in [7, 11) is 5.54. The minimum atomic E-state index is -0.291. The van der Waals surface area contributed by atoms with Crippen LogP contribution < -0.4 is 20.3 Å². The minimum absolute atomic E-state index is 0.179. The Morgan fingerprint density at radius 3 is 2.61 bits per heavy atom. The second-order valence-corrected chi connectivity index (χ2v) is 8.01. The molecule has 33 heavy (non-hydrogen) atoms. The minimum Gasteiger partial charge on any atom is -0.495 e. The van der Waals surface area contributed by atoms with Crippen molar-refractivity contribution in [1.29, 1.82) is 0 Å². The number of carbonyl (C=O) groups excluding carboxylic acids is 1. The zero-order valence-corrected chi connectivity index (χ0v) is 19.7. The van der Waals surface area contributed by atoms with E-state index in [2.05, 4.69) is 15.2 Å². The quantitative estimate of drug-likeness (QED) is 0.487. The van der Waals surface area contributed by atoms with Crippen LogP contribution in [-0.2, 0) is 6.54 Å². The number of ether oxygens (including phenoxy) is 2. The summed E-state index contributed by atoms with van der Waals surface area (Å²) in [6.07, 6.45) is 0.770. The lowest BCUT2D eigenvalue weighted by Gasteiger charge is -2.24. The van der Waals surface area contributed by atoms with Crippen molar-refractivity contribution in [2.75, 3.05) is 46.2 Å². The third-order valence-electron chi connectivity index (χ3n) is 5.23. The number of anilines is 1. The van der Waals surface area contributed by atoms with Crippen molar-refractivity contribution in [3.63, 3.8) is 0 Å². The summed E-state index contributed by atoms with van der Waals surface area (Å²) in [5.41, 5.74) is 1.60. The van der Waals surface area contributed by atoms with Crippen LogP contribution >= 0.6 is 0 Å². The number of aromatic amines is 1. The van der Waals surface area contributed by atoms with Gasteiger partial charge in [-0.05, 0) is 70.4 Å². The topological polar surface area (TPSA) is 86.9 Å². The van der Waals surface area contributed by atoms with E-state index in [1.807, 2.05) is 57.4 Å². The number of para-hydroxylation sites is 2. The van der Waals surface area contributed by atoms with Gasteiger partial charge in [0.2, 0.25) is 0 Å². The number of hydrogen-bond acceptors (Lipinski definition) is 5. The molecular weight excluding hydrogens is 420 g/mol. The van der Waals surface area contributed by atoms with Crippen LogP contribution in [0.15, 0.2) is 53.3 Å². The van der Waals surface area contributed by atoms with Gasteiger partial charge in [0, 0.05) is 23.0 Å². The fraction of sp³-hybridized carbons (Fsp3) is 0.360. The average molecular weight is 453 g/mol. The van der Waals surface area contributed by atoms with Crippen molar-refractivity contribution in [2.24, 2.45) is 0 Å². The van der Waals surface area contributed by atoms with Gasteiger partial charge in [-0.15, -0.1) is 0 Å². The zero-order valence-electron chi connectivity index (χ0n) is 19.7. The van der Waals surface area contributed by atoms with Gasteiger partial charge in [-0.1, -0.05) is 12.1 Å². The normalized spacial score (nSPS) is 10.9. The highest BCUT2D eigenvalue weighted by atomic mass is 16.5. The smallest absolute Gasteiger partial charge is 0.322 e. The second-order valence-electron chi connectivity index (χ2n) is 8.01. The van der Waals surface area contributed by atoms with Crippen molar-refractivity contribution >= 4 is 22.6 Å². The molecule has 3 aromatic rings. The van der Waals surface area contributed by atoms with Gasteiger partial charge in [-0.2, -0.15) is 0 Å². The number of urea groups is 1. The van der Waals surface area contributed by atoms with Crippen LogP contribution in [0.25, 0.3) is 10.9 Å². The molecule has 0 fully saturated rings. The van der Waals surface area contributed by atoms with Gasteiger partial charge in [-0.25, -0.2) is 4.79 Å². The van der Waals surface area contributed by atoms with Gasteiger partial charge in [0.1, 0.15) is 11.5 Å². The van der Waals surface area contributed by atoms with Gasteiger partial charge in [0.25, 0.3) is 5.56 Å². The number of aromatic nitrogens is 1. The molecule has 0 aliphatic carbocycles. The standard InChI is InChI=1S/C25H32N4O4/c1-5-33-20-11-12-21-18(16-20)15-19(24(30)26-21)17-29(14-8-13-28(2)3)25(31)27-22-9-6-7-10-23(22)32-4/h6-7,9-12,15-16H,5,8,13-14,17H2,1-4H3,(H,26,30)(H,27,31). The van der Waals surface area contributed by atoms with Crippen molar-refractivity contribution in [3.05, 3.63) is 64.4 Å². The Bertz CT molecular complexity index is 1140. The molecule has 0 spiro atoms. The van der Waals surface area contributed by atoms with E-state index in [0.717, 1.165) is 29.6 Å². The number of benzene rings is 2. The number of carbonyl (C=O) groups is 1. The number of nitrogens with zero attached hydrogens (tertiary/aromatic N) is 2. The SMILES string of the molecule is CCOc1ccc2[nH]c(=O)c(CN(CCCN(C)C)C(=O)Nc3ccccc3OC)cc2c1. The largest absolute Gasteiger partial charge is 0.495 e. The summed E-state index contributed by atoms with van der Waals surface area (Å²) in [6.45, 7) is 3.98. The Balaban J connectivity index is 1.87. The molecule has 1 heterocycles. The van der Waals surface area contributed by atoms with Crippen molar-refractivity contribution in [3.8, 4) is 11.5 Å². The van der Waals surface area contributed by atoms with Crippen molar-refractivity contribution < 1.29 is 14.3 Å². The number of H-pyrrole nitrogens is 1. The van der Waals surface area contributed by atoms with Crippen molar-refractivity contribution in [1.82, 2.24) is 14.8 Å². The first kappa shape index (κ1) is 24.1. The molecule has 2 amide bonds. The van der Waals surface area contributed by atoms with E-state index < -0.39 is 0 Å². The summed E-state index contributed by atoms with van der Waals surface area (Å²) in [6, 6.07) is 14.3. The molecule has 8 heteroatoms. The summed E-state index contributed by atoms with van der Waals surface area (Å²) in [5.74, 6) is 1.31. The lowest BCUT2D eigenvalue weighted by Crippen LogP contribution is -2.37. The molecule has 0 atom stereocenters. The van der Waals surface area contributed by atoms with Crippen LogP contribution in [0.5, 0.6) is 11.5 Å². The molecule has 2 N–H and O–H groups in total. The highest BCUT2D eigenvalue weighted by Gasteiger charge is 2.18. The van der Waals surface area contributed by atoms with Crippen LogP contribution in [0.3, 0.4) is 0 Å². The molecule has 0 saturated carbocycles. The summed E-state index contributed by atoms with van der Waals surface area (Å²) < 4.78 is 10.9. The molecule has 8 nitrogen and oxygen atoms in total. The van der Waals surface area contributed by atoms with E-state index in [9.17, 15) is 9.59 Å². The predicted molar refractivity (Wildman–Crippen MR) is 131 cm³/mol. The second kappa shape index (κ2) is 11.4. The Kier molecular flexibility index (Phi) is 8.32. The van der Waals surface area contributed by atoms with Gasteiger partial charge in [0.15, 0.2) is 0 Å². The van der Waals surface area contributed by atoms with E-state index in [0.29, 0.717) is 30.2 Å². The number of rotatable bonds is 10. The molecule has 2 aromatic carbocycles. The Morgan fingerprint density at radius 1 is 1.09 bits per heavy atom. The molecule has 3 rings (SSSR count). The van der Waals surface area contributed by atoms with E-state index in [1.165, 1.54) is 0 Å². The number of hydrogen-bond donors (Lipinski definition) is 2. The molecule has 0 saturated heterocycles. The first-order chi connectivity index (χ1) is 15.9. The third-order valence-corrected chi connectivity index (χ3v) is 5.23. The molecule has 176 valence electrons. The molecule has 0 radical (unpaired) electrons. The summed E-state index contributed by atoms with van der Waals surface area (Å²) in [5, 5.41) is 3.77. The highest BCUT2D eigenvalue weighted by molar-refractivity contribution is 5.91. The van der Waals surface area contributed by atoms with Gasteiger partial charge >= 0.3 is 6.03 Å². The van der Waals surface area contributed by atoms with Crippen LogP contribution in [0.2, 0.25) is 0 Å². The molecule has 0 bridgehead atoms. The number of nitrogens with one attached hydrogen (secondary N) is 2. The van der Waals surface area contributed by atoms with Gasteiger partial charge in [-0.3, -0.25) is 4.79 Å². The number of amides is 2. The maximum atomic E-state index is 13.2. The fourth-order valence-corrected chi connectivity index (χ4v) is 3.58.